The Bertz CT molecular complexity index is 98.7. The Morgan fingerprint density at radius 1 is 1.67 bits per heavy atom. The molecule has 1 aliphatic rings. The lowest BCUT2D eigenvalue weighted by molar-refractivity contribution is 0.00160. The highest BCUT2D eigenvalue weighted by Crippen LogP contribution is 2.20. The SMILES string of the molecule is C=CC1CCCOC1C. The molecule has 1 heterocycles. The third kappa shape index (κ3) is 1.55. The highest BCUT2D eigenvalue weighted by Gasteiger charge is 2.17. The Balaban J connectivity index is 2.38. The molecule has 0 N–H and O–H groups in total. The van der Waals surface area contributed by atoms with Crippen molar-refractivity contribution in [2.24, 2.45) is 5.92 Å². The van der Waals surface area contributed by atoms with Gasteiger partial charge in [-0.15, -0.1) is 6.58 Å². The maximum atomic E-state index is 5.41. The molecule has 0 bridgehead atoms. The minimum atomic E-state index is 0.399. The molecule has 1 nitrogen and oxygen atoms in total. The molecule has 1 rings (SSSR count). The predicted octanol–water partition coefficient (Wildman–Crippen LogP) is 1.99. The van der Waals surface area contributed by atoms with E-state index in [1.165, 1.54) is 12.8 Å². The minimum Gasteiger partial charge on any atom is -0.378 e. The highest BCUT2D eigenvalue weighted by atomic mass is 16.5. The number of ether oxygens (including phenoxy) is 1. The van der Waals surface area contributed by atoms with Crippen LogP contribution in [0.3, 0.4) is 0 Å². The summed E-state index contributed by atoms with van der Waals surface area (Å²) in [4.78, 5) is 0. The topological polar surface area (TPSA) is 9.23 Å². The molecule has 0 saturated carbocycles. The molecule has 0 aromatic heterocycles. The van der Waals surface area contributed by atoms with Crippen LogP contribution in [0.25, 0.3) is 0 Å². The van der Waals surface area contributed by atoms with E-state index in [4.69, 9.17) is 4.74 Å². The molecule has 2 unspecified atom stereocenters. The summed E-state index contributed by atoms with van der Waals surface area (Å²) in [5.74, 6) is 0.596. The molecular weight excluding hydrogens is 112 g/mol. The van der Waals surface area contributed by atoms with Crippen LogP contribution in [0.15, 0.2) is 12.7 Å². The molecule has 52 valence electrons. The summed E-state index contributed by atoms with van der Waals surface area (Å²) in [6, 6.07) is 0. The summed E-state index contributed by atoms with van der Waals surface area (Å²) < 4.78 is 5.41. The number of hydrogen-bond acceptors (Lipinski definition) is 1. The monoisotopic (exact) mass is 126 g/mol. The van der Waals surface area contributed by atoms with Crippen molar-refractivity contribution in [1.29, 1.82) is 0 Å². The van der Waals surface area contributed by atoms with E-state index in [1.807, 2.05) is 6.08 Å². The second-order valence-corrected chi connectivity index (χ2v) is 2.62. The third-order valence-electron chi connectivity index (χ3n) is 1.97. The Kier molecular flexibility index (Phi) is 2.29. The molecular formula is C8H14O. The van der Waals surface area contributed by atoms with E-state index in [2.05, 4.69) is 13.5 Å². The summed E-state index contributed by atoms with van der Waals surface area (Å²) in [7, 11) is 0. The van der Waals surface area contributed by atoms with Crippen LogP contribution in [0.2, 0.25) is 0 Å². The van der Waals surface area contributed by atoms with E-state index in [0.29, 0.717) is 12.0 Å². The lowest BCUT2D eigenvalue weighted by Gasteiger charge is -2.26. The van der Waals surface area contributed by atoms with Crippen LogP contribution in [-0.2, 0) is 4.74 Å². The standard InChI is InChI=1S/C8H14O/c1-3-8-5-4-6-9-7(8)2/h3,7-8H,1,4-6H2,2H3. The molecule has 2 atom stereocenters. The molecule has 1 fully saturated rings. The number of hydrogen-bond donors (Lipinski definition) is 0. The molecule has 0 radical (unpaired) electrons. The molecule has 0 amide bonds. The zero-order valence-corrected chi connectivity index (χ0v) is 5.97. The van der Waals surface area contributed by atoms with Crippen molar-refractivity contribution in [1.82, 2.24) is 0 Å². The van der Waals surface area contributed by atoms with Gasteiger partial charge in [-0.3, -0.25) is 0 Å². The van der Waals surface area contributed by atoms with Crippen molar-refractivity contribution in [3.05, 3.63) is 12.7 Å². The van der Waals surface area contributed by atoms with Gasteiger partial charge in [0.25, 0.3) is 0 Å². The molecule has 1 heteroatoms. The molecule has 0 spiro atoms. The van der Waals surface area contributed by atoms with Crippen molar-refractivity contribution in [3.8, 4) is 0 Å². The number of rotatable bonds is 1. The van der Waals surface area contributed by atoms with E-state index < -0.39 is 0 Å². The van der Waals surface area contributed by atoms with Gasteiger partial charge < -0.3 is 4.74 Å². The molecule has 0 aromatic carbocycles. The second kappa shape index (κ2) is 3.02. The van der Waals surface area contributed by atoms with E-state index in [1.54, 1.807) is 0 Å². The first kappa shape index (κ1) is 6.81. The predicted molar refractivity (Wildman–Crippen MR) is 38.3 cm³/mol. The van der Waals surface area contributed by atoms with Gasteiger partial charge in [0.1, 0.15) is 0 Å². The van der Waals surface area contributed by atoms with Gasteiger partial charge >= 0.3 is 0 Å². The van der Waals surface area contributed by atoms with Gasteiger partial charge in [-0.1, -0.05) is 6.08 Å². The Labute approximate surface area is 56.7 Å². The highest BCUT2D eigenvalue weighted by molar-refractivity contribution is 4.85. The second-order valence-electron chi connectivity index (χ2n) is 2.62. The van der Waals surface area contributed by atoms with Crippen LogP contribution in [0.1, 0.15) is 19.8 Å². The Morgan fingerprint density at radius 3 is 2.89 bits per heavy atom. The first-order valence-corrected chi connectivity index (χ1v) is 3.58. The van der Waals surface area contributed by atoms with Crippen molar-refractivity contribution in [2.45, 2.75) is 25.9 Å². The molecule has 9 heavy (non-hydrogen) atoms. The van der Waals surface area contributed by atoms with Gasteiger partial charge in [-0.25, -0.2) is 0 Å². The van der Waals surface area contributed by atoms with Crippen LogP contribution in [-0.4, -0.2) is 12.7 Å². The summed E-state index contributed by atoms with van der Waals surface area (Å²) in [6.45, 7) is 6.81. The smallest absolute Gasteiger partial charge is 0.0609 e. The average molecular weight is 126 g/mol. The van der Waals surface area contributed by atoms with Crippen LogP contribution in [0.5, 0.6) is 0 Å². The first-order chi connectivity index (χ1) is 4.34. The van der Waals surface area contributed by atoms with E-state index in [0.717, 1.165) is 6.61 Å². The molecule has 1 saturated heterocycles. The van der Waals surface area contributed by atoms with Crippen molar-refractivity contribution in [2.75, 3.05) is 6.61 Å². The minimum absolute atomic E-state index is 0.399. The summed E-state index contributed by atoms with van der Waals surface area (Å²) in [5, 5.41) is 0. The maximum absolute atomic E-state index is 5.41. The fourth-order valence-electron chi connectivity index (χ4n) is 1.26. The summed E-state index contributed by atoms with van der Waals surface area (Å²) in [6.07, 6.45) is 4.85. The van der Waals surface area contributed by atoms with Gasteiger partial charge in [0, 0.05) is 12.5 Å². The zero-order valence-electron chi connectivity index (χ0n) is 5.97. The fourth-order valence-corrected chi connectivity index (χ4v) is 1.26. The largest absolute Gasteiger partial charge is 0.378 e. The fraction of sp³-hybridized carbons (Fsp3) is 0.750. The van der Waals surface area contributed by atoms with Gasteiger partial charge in [0.05, 0.1) is 6.10 Å². The van der Waals surface area contributed by atoms with E-state index in [9.17, 15) is 0 Å². The van der Waals surface area contributed by atoms with Gasteiger partial charge in [0.15, 0.2) is 0 Å². The van der Waals surface area contributed by atoms with Gasteiger partial charge in [0.2, 0.25) is 0 Å². The van der Waals surface area contributed by atoms with Crippen LogP contribution >= 0.6 is 0 Å². The first-order valence-electron chi connectivity index (χ1n) is 3.58. The summed E-state index contributed by atoms with van der Waals surface area (Å²) >= 11 is 0. The van der Waals surface area contributed by atoms with Crippen LogP contribution in [0, 0.1) is 5.92 Å². The van der Waals surface area contributed by atoms with E-state index >= 15 is 0 Å². The Hall–Kier alpha value is -0.300. The van der Waals surface area contributed by atoms with Gasteiger partial charge in [-0.2, -0.15) is 0 Å². The van der Waals surface area contributed by atoms with Crippen molar-refractivity contribution >= 4 is 0 Å². The van der Waals surface area contributed by atoms with Crippen molar-refractivity contribution in [3.63, 3.8) is 0 Å². The molecule has 1 aliphatic heterocycles. The summed E-state index contributed by atoms with van der Waals surface area (Å²) in [5.41, 5.74) is 0. The third-order valence-corrected chi connectivity index (χ3v) is 1.97. The van der Waals surface area contributed by atoms with Crippen LogP contribution < -0.4 is 0 Å². The average Bonchev–Trinajstić information content (AvgIpc) is 1.89. The Morgan fingerprint density at radius 2 is 2.44 bits per heavy atom. The maximum Gasteiger partial charge on any atom is 0.0609 e. The zero-order chi connectivity index (χ0) is 6.69. The van der Waals surface area contributed by atoms with E-state index in [-0.39, 0.29) is 0 Å². The molecule has 0 aromatic rings. The normalized spacial score (nSPS) is 36.1. The van der Waals surface area contributed by atoms with Gasteiger partial charge in [-0.05, 0) is 19.8 Å². The lowest BCUT2D eigenvalue weighted by atomic mass is 9.96. The quantitative estimate of drug-likeness (QED) is 0.488. The lowest BCUT2D eigenvalue weighted by Crippen LogP contribution is -2.24. The molecule has 0 aliphatic carbocycles. The van der Waals surface area contributed by atoms with Crippen molar-refractivity contribution < 1.29 is 4.74 Å². The van der Waals surface area contributed by atoms with Crippen LogP contribution in [0.4, 0.5) is 0 Å².